The number of hydrogen-bond donors (Lipinski definition) is 5. The molecule has 0 unspecified atom stereocenters. The lowest BCUT2D eigenvalue weighted by atomic mass is 10.2. The molecule has 0 aliphatic rings. The number of likely N-dealkylation sites (N-methyl/N-ethyl adjacent to an activating group) is 2. The van der Waals surface area contributed by atoms with E-state index >= 15 is 0 Å². The minimum atomic E-state index is -1.06. The monoisotopic (exact) mass is 1040 g/mol. The molecular formula is C50H66N12O9S2. The summed E-state index contributed by atoms with van der Waals surface area (Å²) in [4.78, 5) is 77.0. The zero-order chi connectivity index (χ0) is 53.9. The highest BCUT2D eigenvalue weighted by Gasteiger charge is 2.28. The van der Waals surface area contributed by atoms with Crippen LogP contribution in [0.2, 0.25) is 0 Å². The van der Waals surface area contributed by atoms with Gasteiger partial charge in [-0.15, -0.1) is 0 Å². The van der Waals surface area contributed by atoms with Gasteiger partial charge in [0.05, 0.1) is 16.3 Å². The van der Waals surface area contributed by atoms with Crippen LogP contribution in [0.3, 0.4) is 0 Å². The number of thiazole rings is 2. The van der Waals surface area contributed by atoms with Crippen LogP contribution >= 0.6 is 22.7 Å². The van der Waals surface area contributed by atoms with Crippen LogP contribution in [0.4, 0.5) is 31.5 Å². The predicted octanol–water partition coefficient (Wildman–Crippen LogP) is 8.72. The Morgan fingerprint density at radius 2 is 1.07 bits per heavy atom. The van der Waals surface area contributed by atoms with Gasteiger partial charge >= 0.3 is 18.2 Å². The number of carbonyl (C=O) groups is 4. The largest absolute Gasteiger partial charge is 0.480 e. The average molecular weight is 1040 g/mol. The number of carbonyl (C=O) groups excluding carboxylic acids is 3. The van der Waals surface area contributed by atoms with Crippen molar-refractivity contribution in [3.63, 3.8) is 0 Å². The van der Waals surface area contributed by atoms with E-state index in [-0.39, 0.29) is 19.1 Å². The number of nitrogens with two attached hydrogens (primary N) is 1. The fourth-order valence-corrected chi connectivity index (χ4v) is 7.34. The third-order valence-corrected chi connectivity index (χ3v) is 11.4. The molecule has 0 aliphatic carbocycles. The number of nitrogens with one attached hydrogen (secondary N) is 3. The molecule has 21 nitrogen and oxygen atoms in total. The van der Waals surface area contributed by atoms with E-state index in [9.17, 15) is 19.2 Å². The van der Waals surface area contributed by atoms with Crippen molar-refractivity contribution in [3.8, 4) is 32.6 Å². The summed E-state index contributed by atoms with van der Waals surface area (Å²) in [5.74, 6) is 1.88. The van der Waals surface area contributed by atoms with Gasteiger partial charge in [0.15, 0.2) is 10.3 Å². The summed E-state index contributed by atoms with van der Waals surface area (Å²) >= 11 is 3.09. The summed E-state index contributed by atoms with van der Waals surface area (Å²) < 4.78 is 21.5. The first-order chi connectivity index (χ1) is 34.4. The maximum atomic E-state index is 12.4. The Balaban J connectivity index is 0.000000266. The Morgan fingerprint density at radius 3 is 1.47 bits per heavy atom. The molecule has 392 valence electrons. The molecule has 73 heavy (non-hydrogen) atoms. The van der Waals surface area contributed by atoms with Crippen molar-refractivity contribution in [1.82, 2.24) is 45.0 Å². The number of hydrogen-bond acceptors (Lipinski definition) is 19. The Bertz CT molecular complexity index is 2710. The van der Waals surface area contributed by atoms with Crippen molar-refractivity contribution in [3.05, 3.63) is 96.8 Å². The molecule has 6 N–H and O–H groups in total. The lowest BCUT2D eigenvalue weighted by molar-refractivity contribution is -0.142. The normalized spacial score (nSPS) is 11.7. The van der Waals surface area contributed by atoms with Crippen LogP contribution in [-0.4, -0.2) is 133 Å². The summed E-state index contributed by atoms with van der Waals surface area (Å²) in [6.07, 6.45) is 2.47. The number of aliphatic carboxylic acids is 1. The summed E-state index contributed by atoms with van der Waals surface area (Å²) in [6, 6.07) is 22.0. The van der Waals surface area contributed by atoms with Crippen molar-refractivity contribution >= 4 is 68.6 Å². The molecule has 4 aromatic heterocycles. The molecule has 0 spiro atoms. The van der Waals surface area contributed by atoms with Crippen molar-refractivity contribution in [2.45, 2.75) is 92.5 Å². The van der Waals surface area contributed by atoms with Crippen LogP contribution in [0.15, 0.2) is 85.2 Å². The van der Waals surface area contributed by atoms with E-state index in [4.69, 9.17) is 29.8 Å². The van der Waals surface area contributed by atoms with Gasteiger partial charge in [0.1, 0.15) is 59.8 Å². The number of carboxylic acid groups (broad SMARTS) is 1. The molecular weight excluding hydrogens is 977 g/mol. The number of carboxylic acids is 1. The van der Waals surface area contributed by atoms with E-state index in [0.717, 1.165) is 30.9 Å². The van der Waals surface area contributed by atoms with E-state index < -0.39 is 41.4 Å². The second-order valence-corrected chi connectivity index (χ2v) is 20.0. The van der Waals surface area contributed by atoms with Crippen LogP contribution in [0.1, 0.15) is 67.0 Å². The van der Waals surface area contributed by atoms with E-state index in [2.05, 4.69) is 58.0 Å². The van der Waals surface area contributed by atoms with Gasteiger partial charge in [0, 0.05) is 45.2 Å². The number of nitrogens with zero attached hydrogens (tertiary/aromatic N) is 8. The van der Waals surface area contributed by atoms with Gasteiger partial charge in [0.2, 0.25) is 17.7 Å². The number of amides is 3. The summed E-state index contributed by atoms with van der Waals surface area (Å²) in [6.45, 7) is 18.4. The topological polar surface area (TPSA) is 271 Å². The number of anilines is 4. The molecule has 0 saturated heterocycles. The predicted molar refractivity (Wildman–Crippen MR) is 283 cm³/mol. The van der Waals surface area contributed by atoms with Crippen LogP contribution in [0.5, 0.6) is 11.8 Å². The van der Waals surface area contributed by atoms with Crippen molar-refractivity contribution < 1.29 is 43.2 Å². The SMILES string of the molecule is C[C@@H](C(=O)O)N(C)C(=O)OC(C)(C)C.Cc1nc(Nc2ncc(-c3ccccc3)s2)cc(OCCN)n1.Cc1nc(Nc2ncc(-c3ccccc3)s2)cc(OCCNC(=O)[C@H](C)N(C)C(=O)OC(C)(C)C)n1. The van der Waals surface area contributed by atoms with Gasteiger partial charge in [-0.2, -0.15) is 9.97 Å². The Kier molecular flexibility index (Phi) is 21.8. The first kappa shape index (κ1) is 58.1. The zero-order valence-corrected chi connectivity index (χ0v) is 44.9. The molecule has 6 aromatic rings. The summed E-state index contributed by atoms with van der Waals surface area (Å²) in [7, 11) is 2.92. The van der Waals surface area contributed by atoms with Gasteiger partial charge in [-0.3, -0.25) is 14.6 Å². The molecule has 0 radical (unpaired) electrons. The third-order valence-electron chi connectivity index (χ3n) is 9.51. The second-order valence-electron chi connectivity index (χ2n) is 18.0. The highest BCUT2D eigenvalue weighted by molar-refractivity contribution is 7.19. The molecule has 4 heterocycles. The maximum Gasteiger partial charge on any atom is 0.410 e. The van der Waals surface area contributed by atoms with E-state index in [0.29, 0.717) is 53.3 Å². The van der Waals surface area contributed by atoms with E-state index in [1.807, 2.05) is 67.8 Å². The minimum Gasteiger partial charge on any atom is -0.480 e. The molecule has 0 bridgehead atoms. The Hall–Kier alpha value is -7.50. The summed E-state index contributed by atoms with van der Waals surface area (Å²) in [5.41, 5.74) is 6.44. The highest BCUT2D eigenvalue weighted by atomic mass is 32.1. The number of ether oxygens (including phenoxy) is 4. The maximum absolute atomic E-state index is 12.4. The third kappa shape index (κ3) is 20.3. The number of aryl methyl sites for hydroxylation is 2. The zero-order valence-electron chi connectivity index (χ0n) is 43.3. The first-order valence-corrected chi connectivity index (χ1v) is 24.7. The number of aromatic nitrogens is 6. The van der Waals surface area contributed by atoms with E-state index in [1.54, 1.807) is 78.9 Å². The molecule has 0 fully saturated rings. The highest BCUT2D eigenvalue weighted by Crippen LogP contribution is 2.32. The van der Waals surface area contributed by atoms with Crippen molar-refractivity contribution in [2.75, 3.05) is 51.0 Å². The first-order valence-electron chi connectivity index (χ1n) is 23.1. The molecule has 0 aliphatic heterocycles. The van der Waals surface area contributed by atoms with Gasteiger partial charge in [-0.05, 0) is 80.4 Å². The molecule has 23 heteroatoms. The minimum absolute atomic E-state index is 0.194. The average Bonchev–Trinajstić information content (AvgIpc) is 4.01. The molecule has 2 atom stereocenters. The van der Waals surface area contributed by atoms with Gasteiger partial charge < -0.3 is 45.7 Å². The smallest absolute Gasteiger partial charge is 0.410 e. The van der Waals surface area contributed by atoms with Crippen molar-refractivity contribution in [2.24, 2.45) is 5.73 Å². The van der Waals surface area contributed by atoms with E-state index in [1.165, 1.54) is 37.3 Å². The molecule has 6 rings (SSSR count). The van der Waals surface area contributed by atoms with Crippen molar-refractivity contribution in [1.29, 1.82) is 0 Å². The lowest BCUT2D eigenvalue weighted by Gasteiger charge is -2.28. The Labute approximate surface area is 433 Å². The second kappa shape index (κ2) is 27.4. The van der Waals surface area contributed by atoms with Gasteiger partial charge in [-0.1, -0.05) is 83.3 Å². The Morgan fingerprint density at radius 1 is 0.658 bits per heavy atom. The fraction of sp³-hybridized carbons (Fsp3) is 0.400. The standard InChI is InChI=1S/C25H32N6O4S.C16H17N5OS.C9H17NO4/c1-16(31(6)24(33)35-25(3,4)5)22(32)26-12-13-34-21-14-20(28-17(2)29-21)30-23-27-15-19(36-23)18-10-8-7-9-11-18;1-11-19-14(9-15(20-11)22-8-7-17)21-16-18-10-13(23-16)12-5-3-2-4-6-12;1-6(7(11)12)10(5)8(13)14-9(2,3)4/h7-11,14-16H,12-13H2,1-6H3,(H,26,32)(H,27,28,29,30);2-6,9-10H,7-8,17H2,1H3,(H,18,19,20,21);6H,1-5H3,(H,11,12)/t16-;;6-/m0.0/s1. The van der Waals surface area contributed by atoms with Crippen LogP contribution < -0.4 is 31.2 Å². The van der Waals surface area contributed by atoms with Gasteiger partial charge in [-0.25, -0.2) is 34.3 Å². The molecule has 0 saturated carbocycles. The lowest BCUT2D eigenvalue weighted by Crippen LogP contribution is -2.48. The quantitative estimate of drug-likeness (QED) is 0.0534. The van der Waals surface area contributed by atoms with Crippen LogP contribution in [0, 0.1) is 13.8 Å². The molecule has 3 amide bonds. The molecule has 2 aromatic carbocycles. The van der Waals surface area contributed by atoms with Crippen LogP contribution in [0.25, 0.3) is 20.9 Å². The van der Waals surface area contributed by atoms with Gasteiger partial charge in [0.25, 0.3) is 0 Å². The van der Waals surface area contributed by atoms with Crippen LogP contribution in [-0.2, 0) is 19.1 Å². The fourth-order valence-electron chi connectivity index (χ4n) is 5.68. The number of benzene rings is 2. The number of rotatable bonds is 17. The summed E-state index contributed by atoms with van der Waals surface area (Å²) in [5, 5.41) is 19.3.